The van der Waals surface area contributed by atoms with Crippen molar-refractivity contribution in [3.05, 3.63) is 49.6 Å². The van der Waals surface area contributed by atoms with Gasteiger partial charge in [-0.3, -0.25) is 19.4 Å². The van der Waals surface area contributed by atoms with E-state index in [9.17, 15) is 9.59 Å². The highest BCUT2D eigenvalue weighted by Gasteiger charge is 2.37. The number of carbonyl (C=O) groups excluding carboxylic acids is 2. The third kappa shape index (κ3) is 2.84. The third-order valence-corrected chi connectivity index (χ3v) is 5.23. The first-order valence-corrected chi connectivity index (χ1v) is 8.53. The number of rotatable bonds is 4. The van der Waals surface area contributed by atoms with Gasteiger partial charge in [-0.15, -0.1) is 11.3 Å². The standard InChI is InChI=1S/C15H12BrClN2O2S/c1-18(7-9-5-6-12(17)22-9)8-19-13-10(14(20)15(19)21)3-2-4-11(13)16/h2-6H,7-8H2,1H3. The Kier molecular flexibility index (Phi) is 4.36. The molecule has 4 nitrogen and oxygen atoms in total. The summed E-state index contributed by atoms with van der Waals surface area (Å²) in [4.78, 5) is 28.9. The van der Waals surface area contributed by atoms with Crippen LogP contribution in [0.1, 0.15) is 15.2 Å². The number of benzene rings is 1. The fourth-order valence-electron chi connectivity index (χ4n) is 2.44. The minimum Gasteiger partial charge on any atom is -0.290 e. The van der Waals surface area contributed by atoms with Crippen LogP contribution < -0.4 is 4.90 Å². The van der Waals surface area contributed by atoms with Crippen molar-refractivity contribution < 1.29 is 9.59 Å². The van der Waals surface area contributed by atoms with E-state index in [1.165, 1.54) is 16.2 Å². The van der Waals surface area contributed by atoms with Gasteiger partial charge in [0.05, 0.1) is 22.3 Å². The van der Waals surface area contributed by atoms with E-state index in [2.05, 4.69) is 15.9 Å². The van der Waals surface area contributed by atoms with Crippen molar-refractivity contribution in [2.75, 3.05) is 18.6 Å². The molecule has 1 aromatic carbocycles. The quantitative estimate of drug-likeness (QED) is 0.735. The van der Waals surface area contributed by atoms with Crippen molar-refractivity contribution in [1.82, 2.24) is 4.90 Å². The number of para-hydroxylation sites is 1. The molecule has 0 unspecified atom stereocenters. The molecule has 22 heavy (non-hydrogen) atoms. The molecule has 0 atom stereocenters. The van der Waals surface area contributed by atoms with Gasteiger partial charge in [0.1, 0.15) is 0 Å². The first-order valence-electron chi connectivity index (χ1n) is 6.55. The van der Waals surface area contributed by atoms with Gasteiger partial charge in [0.25, 0.3) is 5.78 Å². The molecule has 0 saturated heterocycles. The van der Waals surface area contributed by atoms with Gasteiger partial charge in [-0.2, -0.15) is 0 Å². The highest BCUT2D eigenvalue weighted by Crippen LogP contribution is 2.36. The zero-order chi connectivity index (χ0) is 15.9. The number of nitrogens with zero attached hydrogens (tertiary/aromatic N) is 2. The Hall–Kier alpha value is -1.21. The topological polar surface area (TPSA) is 40.6 Å². The predicted molar refractivity (Wildman–Crippen MR) is 91.6 cm³/mol. The first kappa shape index (κ1) is 15.7. The number of carbonyl (C=O) groups is 2. The summed E-state index contributed by atoms with van der Waals surface area (Å²) in [6, 6.07) is 9.08. The Morgan fingerprint density at radius 2 is 2.05 bits per heavy atom. The Morgan fingerprint density at radius 1 is 1.27 bits per heavy atom. The second-order valence-corrected chi connectivity index (χ2v) is 7.71. The number of hydrogen-bond donors (Lipinski definition) is 0. The fourth-order valence-corrected chi connectivity index (χ4v) is 4.19. The van der Waals surface area contributed by atoms with E-state index in [4.69, 9.17) is 11.6 Å². The van der Waals surface area contributed by atoms with Gasteiger partial charge >= 0.3 is 5.91 Å². The molecule has 0 radical (unpaired) electrons. The number of thiophene rings is 1. The van der Waals surface area contributed by atoms with Crippen LogP contribution in [-0.4, -0.2) is 30.3 Å². The summed E-state index contributed by atoms with van der Waals surface area (Å²) >= 11 is 10.9. The average molecular weight is 400 g/mol. The second-order valence-electron chi connectivity index (χ2n) is 5.06. The zero-order valence-corrected chi connectivity index (χ0v) is 14.8. The molecule has 7 heteroatoms. The summed E-state index contributed by atoms with van der Waals surface area (Å²) in [5, 5.41) is 0. The summed E-state index contributed by atoms with van der Waals surface area (Å²) in [6.07, 6.45) is 0. The van der Waals surface area contributed by atoms with Gasteiger partial charge in [-0.1, -0.05) is 17.7 Å². The maximum atomic E-state index is 12.2. The van der Waals surface area contributed by atoms with E-state index in [1.54, 1.807) is 12.1 Å². The average Bonchev–Trinajstić information content (AvgIpc) is 2.97. The minimum absolute atomic E-state index is 0.343. The zero-order valence-electron chi connectivity index (χ0n) is 11.7. The lowest BCUT2D eigenvalue weighted by molar-refractivity contribution is -0.114. The van der Waals surface area contributed by atoms with Gasteiger partial charge in [0.2, 0.25) is 0 Å². The lowest BCUT2D eigenvalue weighted by Gasteiger charge is -2.24. The molecule has 1 aliphatic rings. The molecule has 2 heterocycles. The Morgan fingerprint density at radius 3 is 2.73 bits per heavy atom. The smallest absolute Gasteiger partial charge is 0.290 e. The van der Waals surface area contributed by atoms with Crippen LogP contribution >= 0.6 is 38.9 Å². The summed E-state index contributed by atoms with van der Waals surface area (Å²) in [7, 11) is 1.90. The fraction of sp³-hybridized carbons (Fsp3) is 0.200. The maximum Gasteiger partial charge on any atom is 0.300 e. The van der Waals surface area contributed by atoms with Crippen molar-refractivity contribution >= 4 is 56.2 Å². The van der Waals surface area contributed by atoms with Crippen LogP contribution in [0.25, 0.3) is 0 Å². The molecule has 0 saturated carbocycles. The van der Waals surface area contributed by atoms with Gasteiger partial charge in [-0.05, 0) is 47.2 Å². The maximum absolute atomic E-state index is 12.2. The molecular formula is C15H12BrClN2O2S. The van der Waals surface area contributed by atoms with E-state index in [1.807, 2.05) is 30.1 Å². The molecule has 1 aromatic heterocycles. The predicted octanol–water partition coefficient (Wildman–Crippen LogP) is 3.78. The minimum atomic E-state index is -0.488. The van der Waals surface area contributed by atoms with Crippen molar-refractivity contribution in [1.29, 1.82) is 0 Å². The van der Waals surface area contributed by atoms with E-state index in [-0.39, 0.29) is 0 Å². The monoisotopic (exact) mass is 398 g/mol. The van der Waals surface area contributed by atoms with E-state index >= 15 is 0 Å². The molecule has 1 aliphatic heterocycles. The number of amides is 1. The van der Waals surface area contributed by atoms with Crippen molar-refractivity contribution in [2.24, 2.45) is 0 Å². The molecule has 3 rings (SSSR count). The van der Waals surface area contributed by atoms with Gasteiger partial charge < -0.3 is 0 Å². The van der Waals surface area contributed by atoms with Crippen LogP contribution in [0.3, 0.4) is 0 Å². The SMILES string of the molecule is CN(Cc1ccc(Cl)s1)CN1C(=O)C(=O)c2cccc(Br)c21. The molecule has 0 bridgehead atoms. The normalized spacial score (nSPS) is 14.1. The van der Waals surface area contributed by atoms with Crippen LogP contribution in [0.4, 0.5) is 5.69 Å². The number of anilines is 1. The highest BCUT2D eigenvalue weighted by atomic mass is 79.9. The van der Waals surface area contributed by atoms with Gasteiger partial charge in [0, 0.05) is 15.9 Å². The van der Waals surface area contributed by atoms with Crippen molar-refractivity contribution in [2.45, 2.75) is 6.54 Å². The summed E-state index contributed by atoms with van der Waals surface area (Å²) in [5.41, 5.74) is 1.10. The van der Waals surface area contributed by atoms with Crippen LogP contribution in [0.5, 0.6) is 0 Å². The Bertz CT molecular complexity index is 762. The molecule has 1 amide bonds. The van der Waals surface area contributed by atoms with Crippen molar-refractivity contribution in [3.63, 3.8) is 0 Å². The van der Waals surface area contributed by atoms with E-state index in [0.29, 0.717) is 24.5 Å². The lowest BCUT2D eigenvalue weighted by Crippen LogP contribution is -2.39. The molecule has 0 N–H and O–H groups in total. The van der Waals surface area contributed by atoms with E-state index in [0.717, 1.165) is 13.7 Å². The van der Waals surface area contributed by atoms with Crippen molar-refractivity contribution in [3.8, 4) is 0 Å². The van der Waals surface area contributed by atoms with Crippen LogP contribution in [0.2, 0.25) is 4.34 Å². The van der Waals surface area contributed by atoms with Gasteiger partial charge in [-0.25, -0.2) is 0 Å². The van der Waals surface area contributed by atoms with E-state index < -0.39 is 11.7 Å². The molecule has 0 aliphatic carbocycles. The van der Waals surface area contributed by atoms with Crippen LogP contribution in [0.15, 0.2) is 34.8 Å². The second kappa shape index (κ2) is 6.12. The van der Waals surface area contributed by atoms with Gasteiger partial charge in [0.15, 0.2) is 0 Å². The molecule has 114 valence electrons. The number of Topliss-reactive ketones (excluding diaryl/α,β-unsaturated/α-hetero) is 1. The summed E-state index contributed by atoms with van der Waals surface area (Å²) < 4.78 is 1.49. The summed E-state index contributed by atoms with van der Waals surface area (Å²) in [5.74, 6) is -0.943. The van der Waals surface area contributed by atoms with Crippen LogP contribution in [0, 0.1) is 0 Å². The Balaban J connectivity index is 1.81. The Labute approximate surface area is 145 Å². The first-order chi connectivity index (χ1) is 10.5. The number of ketones is 1. The lowest BCUT2D eigenvalue weighted by atomic mass is 10.1. The molecule has 2 aromatic rings. The highest BCUT2D eigenvalue weighted by molar-refractivity contribution is 9.10. The largest absolute Gasteiger partial charge is 0.300 e. The number of hydrogen-bond acceptors (Lipinski definition) is 4. The molecular weight excluding hydrogens is 388 g/mol. The number of halogens is 2. The number of fused-ring (bicyclic) bond motifs is 1. The molecule has 0 fully saturated rings. The third-order valence-electron chi connectivity index (χ3n) is 3.38. The summed E-state index contributed by atoms with van der Waals surface area (Å²) in [6.45, 7) is 1.00. The molecule has 0 spiro atoms. The van der Waals surface area contributed by atoms with Crippen LogP contribution in [-0.2, 0) is 11.3 Å².